The lowest BCUT2D eigenvalue weighted by molar-refractivity contribution is -0.120. The van der Waals surface area contributed by atoms with Crippen molar-refractivity contribution in [2.75, 3.05) is 25.5 Å². The van der Waals surface area contributed by atoms with Gasteiger partial charge in [0.25, 0.3) is 0 Å². The van der Waals surface area contributed by atoms with E-state index in [1.54, 1.807) is 0 Å². The van der Waals surface area contributed by atoms with Gasteiger partial charge in [0.1, 0.15) is 0 Å². The molecule has 1 amide bonds. The number of carbonyl (C=O) groups excluding carboxylic acids is 1. The molecule has 0 aromatic heterocycles. The van der Waals surface area contributed by atoms with Gasteiger partial charge in [-0.2, -0.15) is 0 Å². The van der Waals surface area contributed by atoms with Crippen molar-refractivity contribution in [2.45, 2.75) is 26.2 Å². The van der Waals surface area contributed by atoms with Crippen LogP contribution in [0, 0.1) is 6.92 Å². The third-order valence-electron chi connectivity index (χ3n) is 3.90. The minimum absolute atomic E-state index is 0.0943. The number of benzene rings is 2. The molecule has 0 unspecified atom stereocenters. The molecule has 0 aliphatic rings. The van der Waals surface area contributed by atoms with Crippen LogP contribution in [-0.2, 0) is 17.6 Å². The van der Waals surface area contributed by atoms with Crippen LogP contribution in [0.4, 0.5) is 5.69 Å². The molecule has 0 saturated carbocycles. The maximum atomic E-state index is 11.9. The predicted octanol–water partition coefficient (Wildman–Crippen LogP) is 3.35. The van der Waals surface area contributed by atoms with Crippen LogP contribution in [0.15, 0.2) is 48.5 Å². The first-order valence-electron chi connectivity index (χ1n) is 8.13. The number of aryl methyl sites for hydroxylation is 2. The average molecular weight is 310 g/mol. The van der Waals surface area contributed by atoms with Crippen molar-refractivity contribution in [1.82, 2.24) is 5.32 Å². The zero-order chi connectivity index (χ0) is 16.7. The Morgan fingerprint density at radius 2 is 1.57 bits per heavy atom. The zero-order valence-electron chi connectivity index (χ0n) is 14.3. The molecule has 0 radical (unpaired) electrons. The predicted molar refractivity (Wildman–Crippen MR) is 97.0 cm³/mol. The molecular formula is C20H26N2O. The summed E-state index contributed by atoms with van der Waals surface area (Å²) in [6, 6.07) is 16.7. The van der Waals surface area contributed by atoms with Crippen LogP contribution in [0.3, 0.4) is 0 Å². The van der Waals surface area contributed by atoms with Gasteiger partial charge < -0.3 is 10.2 Å². The normalized spacial score (nSPS) is 10.4. The summed E-state index contributed by atoms with van der Waals surface area (Å²) in [5.41, 5.74) is 4.80. The topological polar surface area (TPSA) is 32.3 Å². The van der Waals surface area contributed by atoms with Crippen molar-refractivity contribution in [2.24, 2.45) is 0 Å². The molecule has 0 aliphatic heterocycles. The molecule has 2 aromatic carbocycles. The summed E-state index contributed by atoms with van der Waals surface area (Å²) < 4.78 is 0. The highest BCUT2D eigenvalue weighted by Crippen LogP contribution is 2.13. The molecule has 122 valence electrons. The molecule has 0 aliphatic carbocycles. The minimum Gasteiger partial charge on any atom is -0.378 e. The Bertz CT molecular complexity index is 615. The van der Waals surface area contributed by atoms with Crippen LogP contribution in [-0.4, -0.2) is 26.5 Å². The van der Waals surface area contributed by atoms with Crippen molar-refractivity contribution in [1.29, 1.82) is 0 Å². The number of anilines is 1. The van der Waals surface area contributed by atoms with Gasteiger partial charge >= 0.3 is 0 Å². The van der Waals surface area contributed by atoms with Gasteiger partial charge in [0.2, 0.25) is 5.91 Å². The molecule has 23 heavy (non-hydrogen) atoms. The third kappa shape index (κ3) is 5.78. The fourth-order valence-electron chi connectivity index (χ4n) is 2.43. The van der Waals surface area contributed by atoms with Crippen LogP contribution in [0.1, 0.15) is 23.1 Å². The third-order valence-corrected chi connectivity index (χ3v) is 3.90. The van der Waals surface area contributed by atoms with Gasteiger partial charge in [-0.25, -0.2) is 0 Å². The van der Waals surface area contributed by atoms with Gasteiger partial charge in [-0.05, 0) is 43.0 Å². The lowest BCUT2D eigenvalue weighted by Gasteiger charge is -2.12. The molecule has 3 nitrogen and oxygen atoms in total. The number of hydrogen-bond acceptors (Lipinski definition) is 2. The summed E-state index contributed by atoms with van der Waals surface area (Å²) in [5.74, 6) is 0.0943. The smallest absolute Gasteiger partial charge is 0.224 e. The Morgan fingerprint density at radius 3 is 2.17 bits per heavy atom. The number of nitrogens with zero attached hydrogens (tertiary/aromatic N) is 1. The standard InChI is InChI=1S/C20H26N2O/c1-16-6-8-18(9-7-16)15-20(23)21-14-4-5-17-10-12-19(13-11-17)22(2)3/h6-13H,4-5,14-15H2,1-3H3,(H,21,23). The number of carbonyl (C=O) groups is 1. The first kappa shape index (κ1) is 17.1. The summed E-state index contributed by atoms with van der Waals surface area (Å²) in [6.07, 6.45) is 2.40. The molecule has 0 heterocycles. The van der Waals surface area contributed by atoms with E-state index in [0.717, 1.165) is 24.9 Å². The molecule has 0 spiro atoms. The van der Waals surface area contributed by atoms with Crippen LogP contribution < -0.4 is 10.2 Å². The van der Waals surface area contributed by atoms with Crippen molar-refractivity contribution in [3.8, 4) is 0 Å². The summed E-state index contributed by atoms with van der Waals surface area (Å²) in [6.45, 7) is 2.77. The SMILES string of the molecule is Cc1ccc(CC(=O)NCCCc2ccc(N(C)C)cc2)cc1. The monoisotopic (exact) mass is 310 g/mol. The van der Waals surface area contributed by atoms with Gasteiger partial charge in [-0.1, -0.05) is 42.0 Å². The van der Waals surface area contributed by atoms with E-state index in [2.05, 4.69) is 41.4 Å². The van der Waals surface area contributed by atoms with Crippen LogP contribution in [0.2, 0.25) is 0 Å². The van der Waals surface area contributed by atoms with Crippen molar-refractivity contribution in [3.05, 3.63) is 65.2 Å². The van der Waals surface area contributed by atoms with E-state index >= 15 is 0 Å². The van der Waals surface area contributed by atoms with Gasteiger partial charge in [-0.15, -0.1) is 0 Å². The molecule has 0 bridgehead atoms. The maximum absolute atomic E-state index is 11.9. The Kier molecular flexibility index (Phi) is 6.21. The molecule has 0 saturated heterocycles. The highest BCUT2D eigenvalue weighted by Gasteiger charge is 2.03. The van der Waals surface area contributed by atoms with Crippen molar-refractivity contribution < 1.29 is 4.79 Å². The zero-order valence-corrected chi connectivity index (χ0v) is 14.3. The second-order valence-corrected chi connectivity index (χ2v) is 6.18. The number of amides is 1. The van der Waals surface area contributed by atoms with Crippen molar-refractivity contribution >= 4 is 11.6 Å². The van der Waals surface area contributed by atoms with E-state index in [0.29, 0.717) is 6.42 Å². The van der Waals surface area contributed by atoms with E-state index < -0.39 is 0 Å². The number of nitrogens with one attached hydrogen (secondary N) is 1. The van der Waals surface area contributed by atoms with E-state index in [-0.39, 0.29) is 5.91 Å². The number of hydrogen-bond donors (Lipinski definition) is 1. The van der Waals surface area contributed by atoms with Crippen LogP contribution >= 0.6 is 0 Å². The van der Waals surface area contributed by atoms with Gasteiger partial charge in [0.05, 0.1) is 6.42 Å². The first-order valence-corrected chi connectivity index (χ1v) is 8.13. The highest BCUT2D eigenvalue weighted by molar-refractivity contribution is 5.78. The van der Waals surface area contributed by atoms with E-state index in [9.17, 15) is 4.79 Å². The Hall–Kier alpha value is -2.29. The molecular weight excluding hydrogens is 284 g/mol. The van der Waals surface area contributed by atoms with E-state index in [1.807, 2.05) is 38.4 Å². The summed E-state index contributed by atoms with van der Waals surface area (Å²) in [7, 11) is 4.08. The first-order chi connectivity index (χ1) is 11.0. The minimum atomic E-state index is 0.0943. The summed E-state index contributed by atoms with van der Waals surface area (Å²) in [4.78, 5) is 14.0. The molecule has 2 aromatic rings. The largest absolute Gasteiger partial charge is 0.378 e. The van der Waals surface area contributed by atoms with E-state index in [1.165, 1.54) is 16.8 Å². The van der Waals surface area contributed by atoms with Crippen molar-refractivity contribution in [3.63, 3.8) is 0 Å². The molecule has 2 rings (SSSR count). The summed E-state index contributed by atoms with van der Waals surface area (Å²) >= 11 is 0. The maximum Gasteiger partial charge on any atom is 0.224 e. The van der Waals surface area contributed by atoms with Crippen LogP contribution in [0.5, 0.6) is 0 Å². The molecule has 1 N–H and O–H groups in total. The van der Waals surface area contributed by atoms with Gasteiger partial charge in [0, 0.05) is 26.3 Å². The Balaban J connectivity index is 1.68. The molecule has 0 fully saturated rings. The fraction of sp³-hybridized carbons (Fsp3) is 0.350. The second-order valence-electron chi connectivity index (χ2n) is 6.18. The molecule has 3 heteroatoms. The highest BCUT2D eigenvalue weighted by atomic mass is 16.1. The van der Waals surface area contributed by atoms with E-state index in [4.69, 9.17) is 0 Å². The average Bonchev–Trinajstić information content (AvgIpc) is 2.54. The number of rotatable bonds is 7. The Morgan fingerprint density at radius 1 is 0.957 bits per heavy atom. The van der Waals surface area contributed by atoms with Gasteiger partial charge in [0.15, 0.2) is 0 Å². The molecule has 0 atom stereocenters. The van der Waals surface area contributed by atoms with Gasteiger partial charge in [-0.3, -0.25) is 4.79 Å². The quantitative estimate of drug-likeness (QED) is 0.795. The second kappa shape index (κ2) is 8.37. The lowest BCUT2D eigenvalue weighted by Crippen LogP contribution is -2.26. The van der Waals surface area contributed by atoms with Crippen LogP contribution in [0.25, 0.3) is 0 Å². The lowest BCUT2D eigenvalue weighted by atomic mass is 10.1. The Labute approximate surface area is 139 Å². The summed E-state index contributed by atoms with van der Waals surface area (Å²) in [5, 5.41) is 3.00. The fourth-order valence-corrected chi connectivity index (χ4v) is 2.43.